The number of benzene rings is 1. The lowest BCUT2D eigenvalue weighted by Crippen LogP contribution is -2.33. The summed E-state index contributed by atoms with van der Waals surface area (Å²) in [5.41, 5.74) is 1.60. The maximum atomic E-state index is 10.3. The van der Waals surface area contributed by atoms with E-state index in [1.54, 1.807) is 7.11 Å². The fourth-order valence-corrected chi connectivity index (χ4v) is 2.97. The van der Waals surface area contributed by atoms with Crippen LogP contribution in [0, 0.1) is 0 Å². The molecule has 0 unspecified atom stereocenters. The number of aliphatic hydroxyl groups is 1. The molecule has 0 amide bonds. The lowest BCUT2D eigenvalue weighted by Gasteiger charge is -2.24. The largest absolute Gasteiger partial charge is 0.388 e. The molecule has 2 N–H and O–H groups in total. The second-order valence-electron chi connectivity index (χ2n) is 4.98. The number of halogens is 1. The van der Waals surface area contributed by atoms with Crippen molar-refractivity contribution < 1.29 is 9.84 Å². The van der Waals surface area contributed by atoms with Gasteiger partial charge >= 0.3 is 0 Å². The van der Waals surface area contributed by atoms with Gasteiger partial charge in [0, 0.05) is 29.4 Å². The fraction of sp³-hybridized carbons (Fsp3) is 0.571. The quantitative estimate of drug-likeness (QED) is 0.876. The van der Waals surface area contributed by atoms with Crippen LogP contribution in [0.1, 0.15) is 31.2 Å². The van der Waals surface area contributed by atoms with Crippen LogP contribution < -0.4 is 5.32 Å². The molecule has 4 heteroatoms. The monoisotopic (exact) mass is 313 g/mol. The zero-order valence-corrected chi connectivity index (χ0v) is 12.3. The molecule has 0 spiro atoms. The number of methoxy groups -OCH3 is 1. The maximum absolute atomic E-state index is 10.3. The molecule has 1 aromatic carbocycles. The predicted octanol–water partition coefficient (Wildman–Crippen LogP) is 3.31. The SMILES string of the molecule is COCc1c(Br)cccc1NCC1(O)CCCC1. The minimum atomic E-state index is -0.535. The lowest BCUT2D eigenvalue weighted by molar-refractivity contribution is 0.0614. The summed E-state index contributed by atoms with van der Waals surface area (Å²) in [6.45, 7) is 1.17. The molecule has 1 saturated carbocycles. The van der Waals surface area contributed by atoms with E-state index in [2.05, 4.69) is 21.2 Å². The van der Waals surface area contributed by atoms with E-state index in [1.165, 1.54) is 0 Å². The Morgan fingerprint density at radius 3 is 2.78 bits per heavy atom. The van der Waals surface area contributed by atoms with Gasteiger partial charge in [0.2, 0.25) is 0 Å². The summed E-state index contributed by atoms with van der Waals surface area (Å²) in [6, 6.07) is 6.02. The Kier molecular flexibility index (Phi) is 4.65. The molecule has 0 saturated heterocycles. The van der Waals surface area contributed by atoms with Crippen LogP contribution in [-0.4, -0.2) is 24.4 Å². The average molecular weight is 314 g/mol. The molecule has 0 aliphatic heterocycles. The lowest BCUT2D eigenvalue weighted by atomic mass is 10.0. The molecule has 0 heterocycles. The third-order valence-electron chi connectivity index (χ3n) is 3.55. The van der Waals surface area contributed by atoms with Crippen molar-refractivity contribution in [3.63, 3.8) is 0 Å². The van der Waals surface area contributed by atoms with Gasteiger partial charge in [0.1, 0.15) is 0 Å². The van der Waals surface area contributed by atoms with Crippen molar-refractivity contribution in [3.8, 4) is 0 Å². The summed E-state index contributed by atoms with van der Waals surface area (Å²) in [6.07, 6.45) is 4.05. The smallest absolute Gasteiger partial charge is 0.0819 e. The van der Waals surface area contributed by atoms with E-state index in [9.17, 15) is 5.11 Å². The third-order valence-corrected chi connectivity index (χ3v) is 4.29. The third kappa shape index (κ3) is 3.25. The van der Waals surface area contributed by atoms with Crippen LogP contribution >= 0.6 is 15.9 Å². The van der Waals surface area contributed by atoms with E-state index in [0.29, 0.717) is 13.2 Å². The number of anilines is 1. The Balaban J connectivity index is 2.06. The number of rotatable bonds is 5. The van der Waals surface area contributed by atoms with Crippen molar-refractivity contribution in [2.45, 2.75) is 37.9 Å². The number of hydrogen-bond acceptors (Lipinski definition) is 3. The predicted molar refractivity (Wildman–Crippen MR) is 76.8 cm³/mol. The first-order valence-electron chi connectivity index (χ1n) is 6.37. The Bertz CT molecular complexity index is 403. The molecule has 2 rings (SSSR count). The molecule has 1 aromatic rings. The van der Waals surface area contributed by atoms with Crippen molar-refractivity contribution >= 4 is 21.6 Å². The molecule has 3 nitrogen and oxygen atoms in total. The minimum Gasteiger partial charge on any atom is -0.388 e. The normalized spacial score (nSPS) is 17.9. The van der Waals surface area contributed by atoms with Crippen molar-refractivity contribution in [2.24, 2.45) is 0 Å². The van der Waals surface area contributed by atoms with Crippen molar-refractivity contribution in [1.82, 2.24) is 0 Å². The van der Waals surface area contributed by atoms with E-state index in [4.69, 9.17) is 4.74 Å². The molecule has 0 atom stereocenters. The molecule has 0 aromatic heterocycles. The average Bonchev–Trinajstić information content (AvgIpc) is 2.78. The summed E-state index contributed by atoms with van der Waals surface area (Å²) in [7, 11) is 1.69. The highest BCUT2D eigenvalue weighted by atomic mass is 79.9. The number of hydrogen-bond donors (Lipinski definition) is 2. The first-order valence-corrected chi connectivity index (χ1v) is 7.16. The number of ether oxygens (including phenoxy) is 1. The molecule has 1 aliphatic carbocycles. The summed E-state index contributed by atoms with van der Waals surface area (Å²) < 4.78 is 6.25. The van der Waals surface area contributed by atoms with Gasteiger partial charge in [0.05, 0.1) is 12.2 Å². The van der Waals surface area contributed by atoms with E-state index in [-0.39, 0.29) is 0 Å². The van der Waals surface area contributed by atoms with Gasteiger partial charge in [-0.15, -0.1) is 0 Å². The molecule has 0 bridgehead atoms. The number of nitrogens with one attached hydrogen (secondary N) is 1. The molecule has 1 aliphatic rings. The van der Waals surface area contributed by atoms with Crippen molar-refractivity contribution in [1.29, 1.82) is 0 Å². The fourth-order valence-electron chi connectivity index (χ4n) is 2.48. The topological polar surface area (TPSA) is 41.5 Å². The Hall–Kier alpha value is -0.580. The summed E-state index contributed by atoms with van der Waals surface area (Å²) in [5, 5.41) is 13.7. The van der Waals surface area contributed by atoms with Crippen LogP contribution in [0.25, 0.3) is 0 Å². The van der Waals surface area contributed by atoms with Gasteiger partial charge in [-0.3, -0.25) is 0 Å². The highest BCUT2D eigenvalue weighted by Crippen LogP contribution is 2.31. The van der Waals surface area contributed by atoms with Crippen LogP contribution in [0.2, 0.25) is 0 Å². The van der Waals surface area contributed by atoms with Crippen molar-refractivity contribution in [3.05, 3.63) is 28.2 Å². The van der Waals surface area contributed by atoms with Gasteiger partial charge in [-0.1, -0.05) is 34.8 Å². The summed E-state index contributed by atoms with van der Waals surface area (Å²) in [5.74, 6) is 0. The van der Waals surface area contributed by atoms with E-state index >= 15 is 0 Å². The van der Waals surface area contributed by atoms with Crippen LogP contribution in [0.15, 0.2) is 22.7 Å². The first kappa shape index (κ1) is 13.8. The molecule has 1 fully saturated rings. The van der Waals surface area contributed by atoms with E-state index < -0.39 is 5.60 Å². The summed E-state index contributed by atoms with van der Waals surface area (Å²) >= 11 is 3.53. The van der Waals surface area contributed by atoms with Gasteiger partial charge in [-0.2, -0.15) is 0 Å². The van der Waals surface area contributed by atoms with Crippen molar-refractivity contribution in [2.75, 3.05) is 19.0 Å². The highest BCUT2D eigenvalue weighted by Gasteiger charge is 2.30. The molecular formula is C14H20BrNO2. The van der Waals surface area contributed by atoms with E-state index in [1.807, 2.05) is 18.2 Å². The van der Waals surface area contributed by atoms with Gasteiger partial charge in [-0.25, -0.2) is 0 Å². The zero-order chi connectivity index (χ0) is 13.0. The molecular weight excluding hydrogens is 294 g/mol. The van der Waals surface area contributed by atoms with Crippen LogP contribution in [0.3, 0.4) is 0 Å². The Morgan fingerprint density at radius 2 is 2.11 bits per heavy atom. The molecule has 100 valence electrons. The second-order valence-corrected chi connectivity index (χ2v) is 5.84. The Morgan fingerprint density at radius 1 is 1.39 bits per heavy atom. The molecule has 0 radical (unpaired) electrons. The second kappa shape index (κ2) is 6.04. The van der Waals surface area contributed by atoms with Gasteiger partial charge in [0.15, 0.2) is 0 Å². The van der Waals surface area contributed by atoms with Crippen LogP contribution in [-0.2, 0) is 11.3 Å². The standard InChI is InChI=1S/C14H20BrNO2/c1-18-9-11-12(15)5-4-6-13(11)16-10-14(17)7-2-3-8-14/h4-6,16-17H,2-3,7-10H2,1H3. The summed E-state index contributed by atoms with van der Waals surface area (Å²) in [4.78, 5) is 0. The maximum Gasteiger partial charge on any atom is 0.0819 e. The van der Waals surface area contributed by atoms with Gasteiger partial charge < -0.3 is 15.2 Å². The Labute approximate surface area is 117 Å². The van der Waals surface area contributed by atoms with Crippen LogP contribution in [0.5, 0.6) is 0 Å². The van der Waals surface area contributed by atoms with Crippen LogP contribution in [0.4, 0.5) is 5.69 Å². The zero-order valence-electron chi connectivity index (χ0n) is 10.7. The first-order chi connectivity index (χ1) is 8.64. The van der Waals surface area contributed by atoms with Gasteiger partial charge in [-0.05, 0) is 25.0 Å². The van der Waals surface area contributed by atoms with Gasteiger partial charge in [0.25, 0.3) is 0 Å². The molecule has 18 heavy (non-hydrogen) atoms. The van der Waals surface area contributed by atoms with E-state index in [0.717, 1.165) is 41.4 Å². The minimum absolute atomic E-state index is 0.535. The highest BCUT2D eigenvalue weighted by molar-refractivity contribution is 9.10.